The Morgan fingerprint density at radius 3 is 2.65 bits per heavy atom. The van der Waals surface area contributed by atoms with E-state index in [4.69, 9.17) is 16.3 Å². The molecule has 1 amide bonds. The van der Waals surface area contributed by atoms with Crippen molar-refractivity contribution in [2.75, 3.05) is 37.7 Å². The summed E-state index contributed by atoms with van der Waals surface area (Å²) in [7, 11) is 0. The molecule has 0 radical (unpaired) electrons. The summed E-state index contributed by atoms with van der Waals surface area (Å²) in [6.07, 6.45) is 2.35. The average Bonchev–Trinajstić information content (AvgIpc) is 3.11. The van der Waals surface area contributed by atoms with Crippen LogP contribution in [0.15, 0.2) is 0 Å². The second kappa shape index (κ2) is 7.01. The van der Waals surface area contributed by atoms with Gasteiger partial charge in [-0.15, -0.1) is 0 Å². The molecular formula is C16H23ClN4O2. The first-order valence-electron chi connectivity index (χ1n) is 8.28. The summed E-state index contributed by atoms with van der Waals surface area (Å²) < 4.78 is 5.50. The van der Waals surface area contributed by atoms with Gasteiger partial charge < -0.3 is 14.5 Å². The summed E-state index contributed by atoms with van der Waals surface area (Å²) in [5.41, 5.74) is 0.905. The molecule has 1 atom stereocenters. The fourth-order valence-electron chi connectivity index (χ4n) is 3.10. The zero-order chi connectivity index (χ0) is 16.4. The van der Waals surface area contributed by atoms with E-state index in [0.29, 0.717) is 24.8 Å². The second-order valence-electron chi connectivity index (χ2n) is 6.05. The molecule has 3 heterocycles. The van der Waals surface area contributed by atoms with Gasteiger partial charge in [0.1, 0.15) is 22.9 Å². The van der Waals surface area contributed by atoms with Gasteiger partial charge in [0.2, 0.25) is 0 Å². The van der Waals surface area contributed by atoms with Gasteiger partial charge in [0.05, 0.1) is 0 Å². The molecule has 126 valence electrons. The summed E-state index contributed by atoms with van der Waals surface area (Å²) in [6, 6.07) is 0. The number of nitrogens with zero attached hydrogens (tertiary/aromatic N) is 4. The molecule has 23 heavy (non-hydrogen) atoms. The van der Waals surface area contributed by atoms with Crippen LogP contribution in [0, 0.1) is 6.92 Å². The smallest absolute Gasteiger partial charge is 0.251 e. The molecule has 2 saturated heterocycles. The fraction of sp³-hybridized carbons (Fsp3) is 0.688. The Morgan fingerprint density at radius 2 is 2.04 bits per heavy atom. The predicted octanol–water partition coefficient (Wildman–Crippen LogP) is 1.83. The normalized spacial score (nSPS) is 21.8. The zero-order valence-electron chi connectivity index (χ0n) is 13.7. The fourth-order valence-corrected chi connectivity index (χ4v) is 3.28. The topological polar surface area (TPSA) is 58.6 Å². The number of aryl methyl sites for hydroxylation is 1. The van der Waals surface area contributed by atoms with Gasteiger partial charge in [0, 0.05) is 44.8 Å². The predicted molar refractivity (Wildman–Crippen MR) is 88.9 cm³/mol. The Bertz CT molecular complexity index is 582. The van der Waals surface area contributed by atoms with Crippen molar-refractivity contribution in [3.8, 4) is 0 Å². The van der Waals surface area contributed by atoms with Crippen molar-refractivity contribution in [3.63, 3.8) is 0 Å². The van der Waals surface area contributed by atoms with E-state index in [9.17, 15) is 4.79 Å². The van der Waals surface area contributed by atoms with Gasteiger partial charge in [0.25, 0.3) is 5.91 Å². The maximum absolute atomic E-state index is 12.4. The van der Waals surface area contributed by atoms with Gasteiger partial charge >= 0.3 is 0 Å². The van der Waals surface area contributed by atoms with Crippen LogP contribution in [0.25, 0.3) is 0 Å². The number of piperazine rings is 1. The first-order chi connectivity index (χ1) is 11.1. The average molecular weight is 339 g/mol. The summed E-state index contributed by atoms with van der Waals surface area (Å²) in [4.78, 5) is 25.4. The van der Waals surface area contributed by atoms with Gasteiger partial charge in [0.15, 0.2) is 0 Å². The SMILES string of the molecule is CCc1nc(Cl)c(C)c(N2CCN(C(=O)C3CCCO3)CC2)n1. The molecule has 0 aromatic carbocycles. The van der Waals surface area contributed by atoms with E-state index in [1.54, 1.807) is 0 Å². The van der Waals surface area contributed by atoms with Crippen molar-refractivity contribution >= 4 is 23.3 Å². The number of hydrogen-bond acceptors (Lipinski definition) is 5. The van der Waals surface area contributed by atoms with E-state index in [-0.39, 0.29) is 12.0 Å². The minimum absolute atomic E-state index is 0.133. The van der Waals surface area contributed by atoms with E-state index >= 15 is 0 Å². The maximum atomic E-state index is 12.4. The molecule has 6 nitrogen and oxygen atoms in total. The molecular weight excluding hydrogens is 316 g/mol. The van der Waals surface area contributed by atoms with E-state index in [1.165, 1.54) is 0 Å². The van der Waals surface area contributed by atoms with Crippen LogP contribution >= 0.6 is 11.6 Å². The highest BCUT2D eigenvalue weighted by molar-refractivity contribution is 6.30. The largest absolute Gasteiger partial charge is 0.368 e. The Morgan fingerprint density at radius 1 is 1.30 bits per heavy atom. The molecule has 3 rings (SSSR count). The number of carbonyl (C=O) groups excluding carboxylic acids is 1. The van der Waals surface area contributed by atoms with Crippen LogP contribution in [0.2, 0.25) is 5.15 Å². The van der Waals surface area contributed by atoms with E-state index in [0.717, 1.165) is 49.6 Å². The van der Waals surface area contributed by atoms with E-state index in [1.807, 2.05) is 18.7 Å². The minimum atomic E-state index is -0.233. The number of halogens is 1. The summed E-state index contributed by atoms with van der Waals surface area (Å²) in [5, 5.41) is 0.518. The van der Waals surface area contributed by atoms with Gasteiger partial charge in [-0.3, -0.25) is 4.79 Å². The molecule has 2 aliphatic rings. The lowest BCUT2D eigenvalue weighted by atomic mass is 10.2. The van der Waals surface area contributed by atoms with Crippen LogP contribution in [0.4, 0.5) is 5.82 Å². The molecule has 2 aliphatic heterocycles. The highest BCUT2D eigenvalue weighted by Gasteiger charge is 2.31. The number of rotatable bonds is 3. The number of ether oxygens (including phenoxy) is 1. The number of carbonyl (C=O) groups is 1. The molecule has 0 spiro atoms. The lowest BCUT2D eigenvalue weighted by Crippen LogP contribution is -2.51. The van der Waals surface area contributed by atoms with Gasteiger partial charge in [-0.1, -0.05) is 18.5 Å². The number of hydrogen-bond donors (Lipinski definition) is 0. The van der Waals surface area contributed by atoms with Crippen molar-refractivity contribution in [3.05, 3.63) is 16.5 Å². The zero-order valence-corrected chi connectivity index (χ0v) is 14.5. The third kappa shape index (κ3) is 3.43. The standard InChI is InChI=1S/C16H23ClN4O2/c1-3-13-18-14(17)11(2)15(19-13)20-6-8-21(9-7-20)16(22)12-5-4-10-23-12/h12H,3-10H2,1-2H3. The third-order valence-electron chi connectivity index (χ3n) is 4.52. The highest BCUT2D eigenvalue weighted by atomic mass is 35.5. The van der Waals surface area contributed by atoms with Crippen molar-refractivity contribution in [1.29, 1.82) is 0 Å². The Hall–Kier alpha value is -1.40. The molecule has 0 bridgehead atoms. The van der Waals surface area contributed by atoms with E-state index < -0.39 is 0 Å². The molecule has 0 saturated carbocycles. The van der Waals surface area contributed by atoms with Gasteiger partial charge in [-0.25, -0.2) is 9.97 Å². The summed E-state index contributed by atoms with van der Waals surface area (Å²) in [6.45, 7) is 7.58. The first-order valence-corrected chi connectivity index (χ1v) is 8.66. The van der Waals surface area contributed by atoms with Crippen LogP contribution in [-0.2, 0) is 16.0 Å². The van der Waals surface area contributed by atoms with Crippen molar-refractivity contribution < 1.29 is 9.53 Å². The molecule has 1 aromatic heterocycles. The van der Waals surface area contributed by atoms with E-state index in [2.05, 4.69) is 14.9 Å². The minimum Gasteiger partial charge on any atom is -0.368 e. The molecule has 0 aliphatic carbocycles. The number of aromatic nitrogens is 2. The Balaban J connectivity index is 1.67. The Labute approximate surface area is 141 Å². The highest BCUT2D eigenvalue weighted by Crippen LogP contribution is 2.25. The van der Waals surface area contributed by atoms with Crippen LogP contribution in [0.3, 0.4) is 0 Å². The quantitative estimate of drug-likeness (QED) is 0.787. The molecule has 2 fully saturated rings. The lowest BCUT2D eigenvalue weighted by Gasteiger charge is -2.37. The number of anilines is 1. The van der Waals surface area contributed by atoms with Gasteiger partial charge in [-0.05, 0) is 19.8 Å². The van der Waals surface area contributed by atoms with Crippen LogP contribution in [-0.4, -0.2) is 59.7 Å². The molecule has 1 unspecified atom stereocenters. The third-order valence-corrected chi connectivity index (χ3v) is 4.89. The lowest BCUT2D eigenvalue weighted by molar-refractivity contribution is -0.141. The second-order valence-corrected chi connectivity index (χ2v) is 6.40. The number of amides is 1. The first kappa shape index (κ1) is 16.5. The molecule has 1 aromatic rings. The van der Waals surface area contributed by atoms with Crippen LogP contribution < -0.4 is 4.90 Å². The Kier molecular flexibility index (Phi) is 5.02. The molecule has 0 N–H and O–H groups in total. The van der Waals surface area contributed by atoms with Crippen LogP contribution in [0.1, 0.15) is 31.2 Å². The maximum Gasteiger partial charge on any atom is 0.251 e. The molecule has 7 heteroatoms. The van der Waals surface area contributed by atoms with Crippen LogP contribution in [0.5, 0.6) is 0 Å². The summed E-state index contributed by atoms with van der Waals surface area (Å²) in [5.74, 6) is 1.79. The van der Waals surface area contributed by atoms with Crippen molar-refractivity contribution in [2.45, 2.75) is 39.2 Å². The van der Waals surface area contributed by atoms with Crippen molar-refractivity contribution in [2.24, 2.45) is 0 Å². The summed E-state index contributed by atoms with van der Waals surface area (Å²) >= 11 is 6.22. The van der Waals surface area contributed by atoms with Gasteiger partial charge in [-0.2, -0.15) is 0 Å². The monoisotopic (exact) mass is 338 g/mol. The van der Waals surface area contributed by atoms with Crippen molar-refractivity contribution in [1.82, 2.24) is 14.9 Å².